The SMILES string of the molecule is CCc1ccc(NC(=O)/C(C#N)=C/c2cc([N+](=O)[O-])cc(OC)c2[O-])cc1. The molecule has 0 radical (unpaired) electrons. The van der Waals surface area contributed by atoms with Crippen LogP contribution in [0, 0.1) is 21.4 Å². The molecule has 138 valence electrons. The summed E-state index contributed by atoms with van der Waals surface area (Å²) in [6.45, 7) is 2.00. The molecule has 0 saturated carbocycles. The number of rotatable bonds is 6. The van der Waals surface area contributed by atoms with Crippen LogP contribution in [0.5, 0.6) is 11.5 Å². The topological polar surface area (TPSA) is 128 Å². The van der Waals surface area contributed by atoms with Gasteiger partial charge in [-0.2, -0.15) is 5.26 Å². The van der Waals surface area contributed by atoms with E-state index >= 15 is 0 Å². The molecule has 8 nitrogen and oxygen atoms in total. The van der Waals surface area contributed by atoms with Crippen molar-refractivity contribution in [2.24, 2.45) is 0 Å². The highest BCUT2D eigenvalue weighted by Crippen LogP contribution is 2.33. The summed E-state index contributed by atoms with van der Waals surface area (Å²) in [7, 11) is 1.20. The van der Waals surface area contributed by atoms with Crippen LogP contribution >= 0.6 is 0 Å². The monoisotopic (exact) mass is 366 g/mol. The maximum atomic E-state index is 12.3. The Morgan fingerprint density at radius 2 is 2.00 bits per heavy atom. The molecular formula is C19H16N3O5-. The van der Waals surface area contributed by atoms with Crippen molar-refractivity contribution in [2.45, 2.75) is 13.3 Å². The molecular weight excluding hydrogens is 350 g/mol. The average Bonchev–Trinajstić information content (AvgIpc) is 2.67. The Bertz CT molecular complexity index is 943. The van der Waals surface area contributed by atoms with Gasteiger partial charge in [-0.1, -0.05) is 24.8 Å². The lowest BCUT2D eigenvalue weighted by molar-refractivity contribution is -0.385. The van der Waals surface area contributed by atoms with Gasteiger partial charge >= 0.3 is 0 Å². The summed E-state index contributed by atoms with van der Waals surface area (Å²) >= 11 is 0. The molecule has 8 heteroatoms. The summed E-state index contributed by atoms with van der Waals surface area (Å²) in [6.07, 6.45) is 1.85. The molecule has 0 fully saturated rings. The molecule has 2 aromatic carbocycles. The Balaban J connectivity index is 2.36. The summed E-state index contributed by atoms with van der Waals surface area (Å²) in [6, 6.07) is 10.8. The number of hydrogen-bond acceptors (Lipinski definition) is 6. The van der Waals surface area contributed by atoms with E-state index in [9.17, 15) is 25.3 Å². The van der Waals surface area contributed by atoms with Crippen LogP contribution in [-0.4, -0.2) is 17.9 Å². The average molecular weight is 366 g/mol. The van der Waals surface area contributed by atoms with E-state index in [0.29, 0.717) is 5.69 Å². The number of nitro benzene ring substituents is 1. The normalized spacial score (nSPS) is 10.8. The Morgan fingerprint density at radius 1 is 1.33 bits per heavy atom. The zero-order valence-corrected chi connectivity index (χ0v) is 14.7. The second kappa shape index (κ2) is 8.49. The summed E-state index contributed by atoms with van der Waals surface area (Å²) < 4.78 is 4.84. The van der Waals surface area contributed by atoms with Gasteiger partial charge in [-0.3, -0.25) is 14.9 Å². The van der Waals surface area contributed by atoms with Crippen molar-refractivity contribution in [2.75, 3.05) is 12.4 Å². The quantitative estimate of drug-likeness (QED) is 0.362. The largest absolute Gasteiger partial charge is 0.870 e. The standard InChI is InChI=1S/C19H17N3O5/c1-3-12-4-6-15(7-5-12)21-19(24)14(11-20)8-13-9-16(22(25)26)10-17(27-2)18(13)23/h4-10,23H,3H2,1-2H3,(H,21,24)/p-1/b14-8+. The van der Waals surface area contributed by atoms with Gasteiger partial charge < -0.3 is 15.2 Å². The molecule has 27 heavy (non-hydrogen) atoms. The number of carbonyl (C=O) groups excluding carboxylic acids is 1. The van der Waals surface area contributed by atoms with Crippen LogP contribution < -0.4 is 15.2 Å². The van der Waals surface area contributed by atoms with Crippen LogP contribution in [0.15, 0.2) is 42.0 Å². The number of ether oxygens (including phenoxy) is 1. The minimum absolute atomic E-state index is 0.186. The third kappa shape index (κ3) is 4.61. The molecule has 0 aromatic heterocycles. The number of benzene rings is 2. The lowest BCUT2D eigenvalue weighted by atomic mass is 10.1. The number of non-ortho nitro benzene ring substituents is 1. The van der Waals surface area contributed by atoms with Crippen molar-refractivity contribution in [3.63, 3.8) is 0 Å². The van der Waals surface area contributed by atoms with Gasteiger partial charge in [0.2, 0.25) is 0 Å². The third-order valence-corrected chi connectivity index (χ3v) is 3.78. The van der Waals surface area contributed by atoms with Gasteiger partial charge in [0.15, 0.2) is 0 Å². The molecule has 0 atom stereocenters. The number of hydrogen-bond donors (Lipinski definition) is 1. The van der Waals surface area contributed by atoms with Crippen LogP contribution in [0.2, 0.25) is 0 Å². The highest BCUT2D eigenvalue weighted by molar-refractivity contribution is 6.09. The van der Waals surface area contributed by atoms with E-state index in [-0.39, 0.29) is 22.6 Å². The molecule has 0 unspecified atom stereocenters. The summed E-state index contributed by atoms with van der Waals surface area (Å²) in [5.74, 6) is -1.63. The molecule has 0 bridgehead atoms. The van der Waals surface area contributed by atoms with E-state index in [2.05, 4.69) is 5.32 Å². The fourth-order valence-corrected chi connectivity index (χ4v) is 2.30. The first kappa shape index (κ1) is 19.5. The smallest absolute Gasteiger partial charge is 0.273 e. The van der Waals surface area contributed by atoms with Crippen molar-refractivity contribution < 1.29 is 19.6 Å². The van der Waals surface area contributed by atoms with E-state index < -0.39 is 16.6 Å². The van der Waals surface area contributed by atoms with Gasteiger partial charge in [0, 0.05) is 11.8 Å². The third-order valence-electron chi connectivity index (χ3n) is 3.78. The second-order valence-corrected chi connectivity index (χ2v) is 5.50. The molecule has 1 amide bonds. The number of aryl methyl sites for hydroxylation is 1. The van der Waals surface area contributed by atoms with Crippen molar-refractivity contribution in [1.82, 2.24) is 0 Å². The summed E-state index contributed by atoms with van der Waals surface area (Å²) in [5, 5.41) is 35.1. The fourth-order valence-electron chi connectivity index (χ4n) is 2.30. The predicted molar refractivity (Wildman–Crippen MR) is 97.1 cm³/mol. The molecule has 0 spiro atoms. The van der Waals surface area contributed by atoms with Gasteiger partial charge in [-0.15, -0.1) is 0 Å². The molecule has 2 rings (SSSR count). The van der Waals surface area contributed by atoms with Crippen molar-refractivity contribution in [1.29, 1.82) is 5.26 Å². The Morgan fingerprint density at radius 3 is 2.52 bits per heavy atom. The van der Waals surface area contributed by atoms with Crippen LogP contribution in [0.1, 0.15) is 18.1 Å². The van der Waals surface area contributed by atoms with E-state index in [4.69, 9.17) is 4.74 Å². The first-order chi connectivity index (χ1) is 12.9. The zero-order chi connectivity index (χ0) is 20.0. The Hall–Kier alpha value is -3.86. The lowest BCUT2D eigenvalue weighted by Gasteiger charge is -2.15. The molecule has 0 aliphatic heterocycles. The fraction of sp³-hybridized carbons (Fsp3) is 0.158. The van der Waals surface area contributed by atoms with Crippen LogP contribution in [0.25, 0.3) is 6.08 Å². The van der Waals surface area contributed by atoms with Gasteiger partial charge in [0.1, 0.15) is 17.4 Å². The number of nitriles is 1. The predicted octanol–water partition coefficient (Wildman–Crippen LogP) is 2.79. The minimum Gasteiger partial charge on any atom is -0.870 e. The number of nitrogens with one attached hydrogen (secondary N) is 1. The maximum absolute atomic E-state index is 12.3. The lowest BCUT2D eigenvalue weighted by Crippen LogP contribution is -2.13. The number of anilines is 1. The van der Waals surface area contributed by atoms with E-state index in [1.54, 1.807) is 18.2 Å². The van der Waals surface area contributed by atoms with E-state index in [1.165, 1.54) is 7.11 Å². The molecule has 1 N–H and O–H groups in total. The Labute approximate surface area is 155 Å². The van der Waals surface area contributed by atoms with E-state index in [0.717, 1.165) is 30.2 Å². The van der Waals surface area contributed by atoms with Crippen LogP contribution in [0.4, 0.5) is 11.4 Å². The van der Waals surface area contributed by atoms with E-state index in [1.807, 2.05) is 19.1 Å². The maximum Gasteiger partial charge on any atom is 0.273 e. The van der Waals surface area contributed by atoms with Crippen molar-refractivity contribution in [3.05, 3.63) is 63.2 Å². The van der Waals surface area contributed by atoms with Crippen molar-refractivity contribution in [3.8, 4) is 17.6 Å². The first-order valence-corrected chi connectivity index (χ1v) is 7.95. The summed E-state index contributed by atoms with van der Waals surface area (Å²) in [5.41, 5.74) is 0.634. The molecule has 2 aromatic rings. The van der Waals surface area contributed by atoms with Crippen molar-refractivity contribution >= 4 is 23.4 Å². The number of carbonyl (C=O) groups is 1. The minimum atomic E-state index is -0.730. The number of amides is 1. The van der Waals surface area contributed by atoms with Gasteiger partial charge in [-0.25, -0.2) is 0 Å². The zero-order valence-electron chi connectivity index (χ0n) is 14.7. The summed E-state index contributed by atoms with van der Waals surface area (Å²) in [4.78, 5) is 22.6. The second-order valence-electron chi connectivity index (χ2n) is 5.50. The molecule has 0 heterocycles. The van der Waals surface area contributed by atoms with Gasteiger partial charge in [0.05, 0.1) is 18.1 Å². The number of nitro groups is 1. The molecule has 0 aliphatic carbocycles. The highest BCUT2D eigenvalue weighted by atomic mass is 16.6. The Kier molecular flexibility index (Phi) is 6.12. The molecule has 0 aliphatic rings. The van der Waals surface area contributed by atoms with Crippen LogP contribution in [-0.2, 0) is 11.2 Å². The first-order valence-electron chi connectivity index (χ1n) is 7.95. The number of nitrogens with zero attached hydrogens (tertiary/aromatic N) is 2. The highest BCUT2D eigenvalue weighted by Gasteiger charge is 2.14. The molecule has 0 saturated heterocycles. The number of methoxy groups -OCH3 is 1. The van der Waals surface area contributed by atoms with Gasteiger partial charge in [-0.05, 0) is 35.8 Å². The van der Waals surface area contributed by atoms with Gasteiger partial charge in [0.25, 0.3) is 11.6 Å². The van der Waals surface area contributed by atoms with Crippen LogP contribution in [0.3, 0.4) is 0 Å².